The number of rotatable bonds is 2. The number of aromatic nitrogens is 4. The maximum atomic E-state index is 5.98. The molecule has 1 saturated heterocycles. The van der Waals surface area contributed by atoms with Gasteiger partial charge in [0.15, 0.2) is 5.65 Å². The predicted molar refractivity (Wildman–Crippen MR) is 96.8 cm³/mol. The van der Waals surface area contributed by atoms with E-state index < -0.39 is 0 Å². The fourth-order valence-electron chi connectivity index (χ4n) is 3.69. The first kappa shape index (κ1) is 15.4. The van der Waals surface area contributed by atoms with E-state index in [4.69, 9.17) is 11.6 Å². The van der Waals surface area contributed by atoms with E-state index in [0.29, 0.717) is 16.9 Å². The van der Waals surface area contributed by atoms with Crippen LogP contribution in [0.25, 0.3) is 16.7 Å². The summed E-state index contributed by atoms with van der Waals surface area (Å²) < 4.78 is 1.84. The topological polar surface area (TPSA) is 46.8 Å². The van der Waals surface area contributed by atoms with Crippen LogP contribution in [0.5, 0.6) is 0 Å². The summed E-state index contributed by atoms with van der Waals surface area (Å²) in [5.41, 5.74) is 1.77. The van der Waals surface area contributed by atoms with E-state index in [1.165, 1.54) is 6.42 Å². The minimum absolute atomic E-state index is 0.671. The molecule has 1 fully saturated rings. The molecule has 4 rings (SSSR count). The molecule has 1 aliphatic rings. The monoisotopic (exact) mass is 341 g/mol. The molecular weight excluding hydrogens is 322 g/mol. The lowest BCUT2D eigenvalue weighted by atomic mass is 9.92. The number of nitrogens with zero attached hydrogens (tertiary/aromatic N) is 5. The molecule has 2 aromatic heterocycles. The zero-order chi connectivity index (χ0) is 16.7. The number of hydrogen-bond acceptors (Lipinski definition) is 4. The van der Waals surface area contributed by atoms with Gasteiger partial charge < -0.3 is 4.90 Å². The highest BCUT2D eigenvalue weighted by Gasteiger charge is 2.25. The van der Waals surface area contributed by atoms with Gasteiger partial charge in [0.25, 0.3) is 0 Å². The molecule has 0 amide bonds. The number of piperidine rings is 1. The molecule has 0 radical (unpaired) electrons. The maximum Gasteiger partial charge on any atom is 0.168 e. The fourth-order valence-corrected chi connectivity index (χ4v) is 3.82. The summed E-state index contributed by atoms with van der Waals surface area (Å²) in [5.74, 6) is 2.33. The average Bonchev–Trinajstić information content (AvgIpc) is 2.98. The van der Waals surface area contributed by atoms with Crippen molar-refractivity contribution in [1.29, 1.82) is 0 Å². The first-order chi connectivity index (χ1) is 11.6. The fraction of sp³-hybridized carbons (Fsp3) is 0.389. The number of halogens is 1. The molecular formula is C18H20ClN5. The molecule has 0 spiro atoms. The molecule has 0 bridgehead atoms. The zero-order valence-corrected chi connectivity index (χ0v) is 14.6. The highest BCUT2D eigenvalue weighted by molar-refractivity contribution is 6.30. The number of fused-ring (bicyclic) bond motifs is 1. The Labute approximate surface area is 146 Å². The van der Waals surface area contributed by atoms with Crippen molar-refractivity contribution < 1.29 is 0 Å². The third kappa shape index (κ3) is 2.73. The summed E-state index contributed by atoms with van der Waals surface area (Å²) in [4.78, 5) is 11.4. The van der Waals surface area contributed by atoms with Gasteiger partial charge in [-0.15, -0.1) is 0 Å². The SMILES string of the molecule is C[C@H]1C[C@H](C)CN(c2ncnc3c2cnn3-c2ccc(Cl)cc2)C1. The number of anilines is 1. The highest BCUT2D eigenvalue weighted by atomic mass is 35.5. The first-order valence-corrected chi connectivity index (χ1v) is 8.69. The van der Waals surface area contributed by atoms with Crippen LogP contribution in [-0.4, -0.2) is 32.8 Å². The molecule has 0 aliphatic carbocycles. The largest absolute Gasteiger partial charge is 0.355 e. The average molecular weight is 342 g/mol. The van der Waals surface area contributed by atoms with E-state index in [0.717, 1.165) is 35.6 Å². The van der Waals surface area contributed by atoms with E-state index in [2.05, 4.69) is 33.8 Å². The molecule has 3 aromatic rings. The van der Waals surface area contributed by atoms with Gasteiger partial charge >= 0.3 is 0 Å². The van der Waals surface area contributed by atoms with Gasteiger partial charge in [0, 0.05) is 18.1 Å². The molecule has 1 aromatic carbocycles. The quantitative estimate of drug-likeness (QED) is 0.708. The maximum absolute atomic E-state index is 5.98. The van der Waals surface area contributed by atoms with Crippen LogP contribution < -0.4 is 4.90 Å². The van der Waals surface area contributed by atoms with Crippen LogP contribution >= 0.6 is 11.6 Å². The minimum Gasteiger partial charge on any atom is -0.355 e. The summed E-state index contributed by atoms with van der Waals surface area (Å²) in [6, 6.07) is 7.62. The zero-order valence-electron chi connectivity index (χ0n) is 13.9. The Morgan fingerprint density at radius 3 is 2.46 bits per heavy atom. The van der Waals surface area contributed by atoms with Gasteiger partial charge in [-0.2, -0.15) is 5.10 Å². The standard InChI is InChI=1S/C18H20ClN5/c1-12-7-13(2)10-23(9-12)17-16-8-22-24(18(16)21-11-20-17)15-5-3-14(19)4-6-15/h3-6,8,11-13H,7,9-10H2,1-2H3/t12-,13-/m0/s1. The summed E-state index contributed by atoms with van der Waals surface area (Å²) >= 11 is 5.98. The van der Waals surface area contributed by atoms with Crippen molar-refractivity contribution in [3.63, 3.8) is 0 Å². The van der Waals surface area contributed by atoms with Crippen molar-refractivity contribution >= 4 is 28.5 Å². The summed E-state index contributed by atoms with van der Waals surface area (Å²) in [7, 11) is 0. The van der Waals surface area contributed by atoms with Crippen LogP contribution in [0.4, 0.5) is 5.82 Å². The molecule has 2 atom stereocenters. The number of hydrogen-bond donors (Lipinski definition) is 0. The second kappa shape index (κ2) is 6.06. The van der Waals surface area contributed by atoms with E-state index in [1.54, 1.807) is 6.33 Å². The van der Waals surface area contributed by atoms with Crippen molar-refractivity contribution in [3.05, 3.63) is 41.8 Å². The molecule has 0 N–H and O–H groups in total. The van der Waals surface area contributed by atoms with Crippen molar-refractivity contribution in [1.82, 2.24) is 19.7 Å². The van der Waals surface area contributed by atoms with Gasteiger partial charge in [0.2, 0.25) is 0 Å². The van der Waals surface area contributed by atoms with Gasteiger partial charge in [-0.1, -0.05) is 25.4 Å². The Morgan fingerprint density at radius 1 is 1.04 bits per heavy atom. The summed E-state index contributed by atoms with van der Waals surface area (Å²) in [5, 5.41) is 6.24. The molecule has 24 heavy (non-hydrogen) atoms. The van der Waals surface area contributed by atoms with Gasteiger partial charge in [-0.25, -0.2) is 14.6 Å². The first-order valence-electron chi connectivity index (χ1n) is 8.31. The smallest absolute Gasteiger partial charge is 0.168 e. The van der Waals surface area contributed by atoms with Crippen LogP contribution in [0.3, 0.4) is 0 Å². The lowest BCUT2D eigenvalue weighted by molar-refractivity contribution is 0.356. The van der Waals surface area contributed by atoms with Crippen molar-refractivity contribution in [2.24, 2.45) is 11.8 Å². The predicted octanol–water partition coefficient (Wildman–Crippen LogP) is 3.95. The van der Waals surface area contributed by atoms with Crippen molar-refractivity contribution in [3.8, 4) is 5.69 Å². The molecule has 3 heterocycles. The molecule has 5 nitrogen and oxygen atoms in total. The third-order valence-electron chi connectivity index (χ3n) is 4.58. The normalized spacial score (nSPS) is 21.4. The highest BCUT2D eigenvalue weighted by Crippen LogP contribution is 2.30. The molecule has 6 heteroatoms. The van der Waals surface area contributed by atoms with Gasteiger partial charge in [-0.3, -0.25) is 0 Å². The third-order valence-corrected chi connectivity index (χ3v) is 4.84. The molecule has 1 aliphatic heterocycles. The Kier molecular flexibility index (Phi) is 3.88. The Hall–Kier alpha value is -2.14. The minimum atomic E-state index is 0.671. The van der Waals surface area contributed by atoms with Crippen molar-refractivity contribution in [2.45, 2.75) is 20.3 Å². The van der Waals surface area contributed by atoms with Crippen LogP contribution in [0.15, 0.2) is 36.8 Å². The Morgan fingerprint density at radius 2 is 1.75 bits per heavy atom. The molecule has 0 saturated carbocycles. The lowest BCUT2D eigenvalue weighted by Gasteiger charge is -2.35. The summed E-state index contributed by atoms with van der Waals surface area (Å²) in [6.07, 6.45) is 4.77. The summed E-state index contributed by atoms with van der Waals surface area (Å²) in [6.45, 7) is 6.67. The van der Waals surface area contributed by atoms with E-state index in [1.807, 2.05) is 35.1 Å². The van der Waals surface area contributed by atoms with Crippen LogP contribution in [0, 0.1) is 11.8 Å². The second-order valence-corrected chi connectivity index (χ2v) is 7.25. The Balaban J connectivity index is 1.78. The van der Waals surface area contributed by atoms with Crippen LogP contribution in [0.1, 0.15) is 20.3 Å². The second-order valence-electron chi connectivity index (χ2n) is 6.82. The van der Waals surface area contributed by atoms with Gasteiger partial charge in [0.05, 0.1) is 17.3 Å². The van der Waals surface area contributed by atoms with Crippen molar-refractivity contribution in [2.75, 3.05) is 18.0 Å². The molecule has 0 unspecified atom stereocenters. The van der Waals surface area contributed by atoms with Crippen LogP contribution in [-0.2, 0) is 0 Å². The Bertz CT molecular complexity index is 847. The van der Waals surface area contributed by atoms with Gasteiger partial charge in [-0.05, 0) is 42.5 Å². The van der Waals surface area contributed by atoms with E-state index in [9.17, 15) is 0 Å². The van der Waals surface area contributed by atoms with Crippen LogP contribution in [0.2, 0.25) is 5.02 Å². The van der Waals surface area contributed by atoms with E-state index >= 15 is 0 Å². The molecule has 124 valence electrons. The number of benzene rings is 1. The lowest BCUT2D eigenvalue weighted by Crippen LogP contribution is -2.39. The van der Waals surface area contributed by atoms with Gasteiger partial charge in [0.1, 0.15) is 12.1 Å². The van der Waals surface area contributed by atoms with E-state index in [-0.39, 0.29) is 0 Å².